The molecule has 3 aromatic rings. The smallest absolute Gasteiger partial charge is 0.306 e. The van der Waals surface area contributed by atoms with Crippen molar-refractivity contribution < 1.29 is 27.4 Å². The van der Waals surface area contributed by atoms with Crippen molar-refractivity contribution in [1.29, 1.82) is 0 Å². The third kappa shape index (κ3) is 6.96. The zero-order chi connectivity index (χ0) is 27.3. The van der Waals surface area contributed by atoms with Gasteiger partial charge in [0.25, 0.3) is 0 Å². The molecule has 0 radical (unpaired) electrons. The van der Waals surface area contributed by atoms with Crippen LogP contribution < -0.4 is 9.47 Å². The van der Waals surface area contributed by atoms with Crippen LogP contribution in [0.25, 0.3) is 11.1 Å². The first kappa shape index (κ1) is 27.3. The van der Waals surface area contributed by atoms with E-state index in [1.54, 1.807) is 0 Å². The van der Waals surface area contributed by atoms with Gasteiger partial charge in [-0.2, -0.15) is 0 Å². The molecule has 1 atom stereocenters. The fraction of sp³-hybridized carbons (Fsp3) is 0.323. The number of aryl methyl sites for hydroxylation is 2. The number of hydrogen-bond acceptors (Lipinski definition) is 6. The van der Waals surface area contributed by atoms with E-state index in [0.717, 1.165) is 50.4 Å². The van der Waals surface area contributed by atoms with Crippen LogP contribution in [0.5, 0.6) is 11.5 Å². The van der Waals surface area contributed by atoms with Crippen molar-refractivity contribution in [1.82, 2.24) is 0 Å². The van der Waals surface area contributed by atoms with Crippen LogP contribution in [0, 0.1) is 25.7 Å². The second-order valence-electron chi connectivity index (χ2n) is 9.64. The van der Waals surface area contributed by atoms with Crippen LogP contribution in [-0.4, -0.2) is 46.7 Å². The van der Waals surface area contributed by atoms with Crippen molar-refractivity contribution in [2.24, 2.45) is 0 Å². The molecule has 0 aliphatic carbocycles. The van der Waals surface area contributed by atoms with Crippen LogP contribution in [-0.2, 0) is 19.4 Å². The average Bonchev–Trinajstić information content (AvgIpc) is 3.26. The highest BCUT2D eigenvalue weighted by Gasteiger charge is 2.26. The number of fused-ring (bicyclic) bond motifs is 1. The van der Waals surface area contributed by atoms with E-state index in [9.17, 15) is 13.2 Å². The van der Waals surface area contributed by atoms with E-state index >= 15 is 0 Å². The van der Waals surface area contributed by atoms with Gasteiger partial charge in [-0.15, -0.1) is 0 Å². The van der Waals surface area contributed by atoms with Gasteiger partial charge >= 0.3 is 5.97 Å². The first-order valence-corrected chi connectivity index (χ1v) is 14.6. The summed E-state index contributed by atoms with van der Waals surface area (Å²) in [6, 6.07) is 18.0. The molecule has 0 fully saturated rings. The monoisotopic (exact) mass is 532 g/mol. The molecule has 3 aromatic carbocycles. The van der Waals surface area contributed by atoms with Crippen LogP contribution in [0.1, 0.15) is 46.6 Å². The summed E-state index contributed by atoms with van der Waals surface area (Å²) in [5, 5.41) is 0. The van der Waals surface area contributed by atoms with Gasteiger partial charge in [0.1, 0.15) is 21.3 Å². The lowest BCUT2D eigenvalue weighted by Crippen LogP contribution is -2.09. The molecule has 0 saturated heterocycles. The zero-order valence-corrected chi connectivity index (χ0v) is 23.0. The Balaban J connectivity index is 1.48. The zero-order valence-electron chi connectivity index (χ0n) is 22.2. The fourth-order valence-electron chi connectivity index (χ4n) is 4.68. The average molecular weight is 533 g/mol. The first-order chi connectivity index (χ1) is 18.1. The van der Waals surface area contributed by atoms with Gasteiger partial charge in [-0.05, 0) is 78.9 Å². The van der Waals surface area contributed by atoms with Gasteiger partial charge in [0.15, 0.2) is 0 Å². The van der Waals surface area contributed by atoms with Crippen molar-refractivity contribution in [2.75, 3.05) is 32.3 Å². The third-order valence-electron chi connectivity index (χ3n) is 6.47. The van der Waals surface area contributed by atoms with E-state index in [1.165, 1.54) is 13.4 Å². The highest BCUT2D eigenvalue weighted by atomic mass is 32.2. The van der Waals surface area contributed by atoms with Gasteiger partial charge in [0, 0.05) is 28.9 Å². The van der Waals surface area contributed by atoms with Crippen molar-refractivity contribution >= 4 is 15.8 Å². The van der Waals surface area contributed by atoms with Gasteiger partial charge in [-0.3, -0.25) is 4.79 Å². The van der Waals surface area contributed by atoms with Gasteiger partial charge in [-0.25, -0.2) is 8.42 Å². The van der Waals surface area contributed by atoms with Gasteiger partial charge in [0.2, 0.25) is 0 Å². The lowest BCUT2D eigenvalue weighted by molar-refractivity contribution is -0.141. The van der Waals surface area contributed by atoms with E-state index < -0.39 is 9.84 Å². The quantitative estimate of drug-likeness (QED) is 0.225. The highest BCUT2D eigenvalue weighted by Crippen LogP contribution is 2.36. The van der Waals surface area contributed by atoms with Gasteiger partial charge < -0.3 is 14.2 Å². The number of benzene rings is 3. The normalized spacial score (nSPS) is 14.2. The van der Waals surface area contributed by atoms with Crippen molar-refractivity contribution in [3.8, 4) is 34.5 Å². The van der Waals surface area contributed by atoms with Crippen molar-refractivity contribution in [3.63, 3.8) is 0 Å². The standard InChI is InChI=1S/C31H32O6S/c1-21-15-27(36-13-6-14-38(4,33)34)16-22(2)31(21)25-8-5-7-23(17-25)9-10-24-11-12-28-26(19-30(32)35-3)20-37-29(28)18-24/h5,7-8,11-12,15-18,26H,6,13-14,19-20H2,1-4H3. The van der Waals surface area contributed by atoms with Crippen LogP contribution in [0.15, 0.2) is 54.6 Å². The fourth-order valence-corrected chi connectivity index (χ4v) is 5.32. The minimum absolute atomic E-state index is 0.00638. The minimum atomic E-state index is -2.99. The van der Waals surface area contributed by atoms with E-state index in [2.05, 4.69) is 24.0 Å². The summed E-state index contributed by atoms with van der Waals surface area (Å²) in [7, 11) is -1.59. The highest BCUT2D eigenvalue weighted by molar-refractivity contribution is 7.90. The molecule has 38 heavy (non-hydrogen) atoms. The van der Waals surface area contributed by atoms with Crippen LogP contribution in [0.2, 0.25) is 0 Å². The minimum Gasteiger partial charge on any atom is -0.494 e. The number of sulfone groups is 1. The Morgan fingerprint density at radius 3 is 2.42 bits per heavy atom. The van der Waals surface area contributed by atoms with E-state index in [4.69, 9.17) is 14.2 Å². The van der Waals surface area contributed by atoms with Crippen molar-refractivity contribution in [3.05, 3.63) is 82.4 Å². The predicted octanol–water partition coefficient (Wildman–Crippen LogP) is 5.22. The van der Waals surface area contributed by atoms with Crippen LogP contribution in [0.3, 0.4) is 0 Å². The van der Waals surface area contributed by atoms with Crippen LogP contribution in [0.4, 0.5) is 0 Å². The maximum absolute atomic E-state index is 11.7. The molecule has 0 aromatic heterocycles. The predicted molar refractivity (Wildman–Crippen MR) is 148 cm³/mol. The summed E-state index contributed by atoms with van der Waals surface area (Å²) in [4.78, 5) is 11.7. The van der Waals surface area contributed by atoms with E-state index in [-0.39, 0.29) is 17.6 Å². The number of esters is 1. The van der Waals surface area contributed by atoms with Crippen molar-refractivity contribution in [2.45, 2.75) is 32.6 Å². The lowest BCUT2D eigenvalue weighted by Gasteiger charge is -2.14. The molecule has 7 heteroatoms. The number of hydrogen-bond donors (Lipinski definition) is 0. The Hall–Kier alpha value is -3.76. The molecule has 0 bridgehead atoms. The largest absolute Gasteiger partial charge is 0.494 e. The molecule has 0 N–H and O–H groups in total. The number of ether oxygens (including phenoxy) is 3. The second-order valence-corrected chi connectivity index (χ2v) is 11.9. The molecule has 4 rings (SSSR count). The molecule has 1 aliphatic heterocycles. The van der Waals surface area contributed by atoms with Crippen LogP contribution >= 0.6 is 0 Å². The Kier molecular flexibility index (Phi) is 8.43. The maximum atomic E-state index is 11.7. The lowest BCUT2D eigenvalue weighted by atomic mass is 9.94. The summed E-state index contributed by atoms with van der Waals surface area (Å²) in [6.45, 7) is 4.91. The van der Waals surface area contributed by atoms with E-state index in [0.29, 0.717) is 26.1 Å². The third-order valence-corrected chi connectivity index (χ3v) is 7.50. The Labute approximate surface area is 224 Å². The molecular weight excluding hydrogens is 500 g/mol. The summed E-state index contributed by atoms with van der Waals surface area (Å²) >= 11 is 0. The number of carbonyl (C=O) groups is 1. The summed E-state index contributed by atoms with van der Waals surface area (Å²) in [5.41, 5.74) is 7.09. The molecule has 0 amide bonds. The molecular formula is C31H32O6S. The van der Waals surface area contributed by atoms with E-state index in [1.807, 2.05) is 56.3 Å². The Bertz CT molecular complexity index is 1490. The summed E-state index contributed by atoms with van der Waals surface area (Å²) < 4.78 is 39.0. The second kappa shape index (κ2) is 11.7. The molecule has 6 nitrogen and oxygen atoms in total. The summed E-state index contributed by atoms with van der Waals surface area (Å²) in [6.07, 6.45) is 2.00. The number of methoxy groups -OCH3 is 1. The molecule has 0 saturated carbocycles. The Morgan fingerprint density at radius 2 is 1.74 bits per heavy atom. The Morgan fingerprint density at radius 1 is 1.03 bits per heavy atom. The molecule has 1 unspecified atom stereocenters. The SMILES string of the molecule is COC(=O)CC1COc2cc(C#Cc3cccc(-c4c(C)cc(OCCCS(C)(=O)=O)cc4C)c3)ccc21. The van der Waals surface area contributed by atoms with Gasteiger partial charge in [0.05, 0.1) is 32.5 Å². The molecule has 198 valence electrons. The number of rotatable bonds is 8. The first-order valence-electron chi connectivity index (χ1n) is 12.5. The molecule has 0 spiro atoms. The summed E-state index contributed by atoms with van der Waals surface area (Å²) in [5.74, 6) is 7.87. The molecule has 1 aliphatic rings. The number of carbonyl (C=O) groups excluding carboxylic acids is 1. The molecule has 1 heterocycles. The topological polar surface area (TPSA) is 78.9 Å². The maximum Gasteiger partial charge on any atom is 0.306 e. The van der Waals surface area contributed by atoms with Gasteiger partial charge in [-0.1, -0.05) is 30.0 Å².